The topological polar surface area (TPSA) is 78.5 Å². The maximum Gasteiger partial charge on any atom is 0.338 e. The van der Waals surface area contributed by atoms with Crippen LogP contribution in [0, 0.1) is 5.82 Å². The van der Waals surface area contributed by atoms with E-state index in [4.69, 9.17) is 4.74 Å². The number of ether oxygens (including phenoxy) is 1. The Balaban J connectivity index is 1.93. The van der Waals surface area contributed by atoms with Crippen molar-refractivity contribution in [2.24, 2.45) is 4.99 Å². The van der Waals surface area contributed by atoms with Gasteiger partial charge in [0.1, 0.15) is 5.82 Å². The standard InChI is InChI=1S/C22H21FN4O3S/c1-4-26-12-14(11-24-26)10-17-20(28)27-19(15-6-8-16(23)9-7-15)18(21(29)30-5-2)13(3)25-22(27)31-17/h6-12,19H,4-5H2,1-3H3/b17-10+/t19-/m0/s1. The molecule has 9 heteroatoms. The zero-order valence-corrected chi connectivity index (χ0v) is 18.1. The fourth-order valence-electron chi connectivity index (χ4n) is 3.53. The molecule has 7 nitrogen and oxygen atoms in total. The molecular formula is C22H21FN4O3S. The summed E-state index contributed by atoms with van der Waals surface area (Å²) in [4.78, 5) is 31.1. The molecule has 0 spiro atoms. The number of thiazole rings is 1. The second kappa shape index (κ2) is 8.43. The van der Waals surface area contributed by atoms with Gasteiger partial charge in [-0.1, -0.05) is 23.5 Å². The molecule has 0 amide bonds. The Morgan fingerprint density at radius 3 is 2.68 bits per heavy atom. The van der Waals surface area contributed by atoms with Gasteiger partial charge in [-0.25, -0.2) is 14.2 Å². The van der Waals surface area contributed by atoms with Gasteiger partial charge in [0.15, 0.2) is 4.80 Å². The summed E-state index contributed by atoms with van der Waals surface area (Å²) in [6.45, 7) is 6.32. The summed E-state index contributed by atoms with van der Waals surface area (Å²) in [6.07, 6.45) is 5.30. The largest absolute Gasteiger partial charge is 0.463 e. The zero-order chi connectivity index (χ0) is 22.1. The highest BCUT2D eigenvalue weighted by Gasteiger charge is 2.33. The molecule has 0 fully saturated rings. The lowest BCUT2D eigenvalue weighted by atomic mass is 9.96. The molecule has 4 rings (SSSR count). The van der Waals surface area contributed by atoms with Crippen LogP contribution in [0.2, 0.25) is 0 Å². The summed E-state index contributed by atoms with van der Waals surface area (Å²) in [5, 5.41) is 4.23. The number of hydrogen-bond acceptors (Lipinski definition) is 6. The van der Waals surface area contributed by atoms with Crippen molar-refractivity contribution < 1.29 is 13.9 Å². The first kappa shape index (κ1) is 20.9. The number of halogens is 1. The minimum Gasteiger partial charge on any atom is -0.463 e. The van der Waals surface area contributed by atoms with Crippen molar-refractivity contribution in [3.8, 4) is 0 Å². The van der Waals surface area contributed by atoms with Crippen LogP contribution in [-0.4, -0.2) is 26.9 Å². The van der Waals surface area contributed by atoms with Gasteiger partial charge in [-0.3, -0.25) is 14.0 Å². The minimum atomic E-state index is -0.753. The average Bonchev–Trinajstić information content (AvgIpc) is 3.32. The number of benzene rings is 1. The average molecular weight is 441 g/mol. The Hall–Kier alpha value is -3.33. The molecule has 1 aliphatic rings. The minimum absolute atomic E-state index is 0.192. The number of nitrogens with zero attached hydrogens (tertiary/aromatic N) is 4. The van der Waals surface area contributed by atoms with Crippen LogP contribution in [0.4, 0.5) is 4.39 Å². The van der Waals surface area contributed by atoms with Gasteiger partial charge in [0, 0.05) is 18.3 Å². The molecule has 31 heavy (non-hydrogen) atoms. The van der Waals surface area contributed by atoms with E-state index in [1.807, 2.05) is 13.1 Å². The predicted octanol–water partition coefficient (Wildman–Crippen LogP) is 2.15. The molecule has 3 heterocycles. The van der Waals surface area contributed by atoms with Crippen LogP contribution in [0.5, 0.6) is 0 Å². The molecule has 0 radical (unpaired) electrons. The van der Waals surface area contributed by atoms with E-state index in [0.717, 1.165) is 12.1 Å². The quantitative estimate of drug-likeness (QED) is 0.570. The monoisotopic (exact) mass is 440 g/mol. The van der Waals surface area contributed by atoms with E-state index in [1.54, 1.807) is 42.9 Å². The molecule has 0 bridgehead atoms. The molecule has 1 aromatic carbocycles. The Kier molecular flexibility index (Phi) is 5.69. The molecule has 0 aliphatic carbocycles. The van der Waals surface area contributed by atoms with Crippen LogP contribution in [-0.2, 0) is 16.1 Å². The van der Waals surface area contributed by atoms with Crippen LogP contribution in [0.3, 0.4) is 0 Å². The summed E-state index contributed by atoms with van der Waals surface area (Å²) in [5.41, 5.74) is 1.86. The van der Waals surface area contributed by atoms with Crippen LogP contribution >= 0.6 is 11.3 Å². The van der Waals surface area contributed by atoms with Crippen molar-refractivity contribution in [2.75, 3.05) is 6.61 Å². The molecule has 2 aromatic heterocycles. The van der Waals surface area contributed by atoms with Crippen molar-refractivity contribution >= 4 is 23.4 Å². The number of rotatable bonds is 5. The van der Waals surface area contributed by atoms with E-state index in [2.05, 4.69) is 10.1 Å². The van der Waals surface area contributed by atoms with E-state index < -0.39 is 17.8 Å². The zero-order valence-electron chi connectivity index (χ0n) is 17.3. The van der Waals surface area contributed by atoms with Gasteiger partial charge in [0.05, 0.1) is 34.6 Å². The summed E-state index contributed by atoms with van der Waals surface area (Å²) in [7, 11) is 0. The number of aryl methyl sites for hydroxylation is 1. The second-order valence-corrected chi connectivity index (χ2v) is 7.99. The lowest BCUT2D eigenvalue weighted by Crippen LogP contribution is -2.39. The van der Waals surface area contributed by atoms with E-state index >= 15 is 0 Å². The Bertz CT molecular complexity index is 1350. The first-order valence-electron chi connectivity index (χ1n) is 9.90. The van der Waals surface area contributed by atoms with Crippen LogP contribution in [0.25, 0.3) is 6.08 Å². The number of hydrogen-bond donors (Lipinski definition) is 0. The third-order valence-corrected chi connectivity index (χ3v) is 5.96. The number of fused-ring (bicyclic) bond motifs is 1. The van der Waals surface area contributed by atoms with Crippen LogP contribution < -0.4 is 14.9 Å². The smallest absolute Gasteiger partial charge is 0.338 e. The van der Waals surface area contributed by atoms with Crippen molar-refractivity contribution in [3.05, 3.63) is 84.6 Å². The van der Waals surface area contributed by atoms with Crippen molar-refractivity contribution in [3.63, 3.8) is 0 Å². The SMILES string of the molecule is CCOC(=O)C1=C(C)N=c2s/c(=C/c3cnn(CC)c3)c(=O)n2[C@H]1c1ccc(F)cc1. The molecule has 1 atom stereocenters. The van der Waals surface area contributed by atoms with Gasteiger partial charge in [-0.2, -0.15) is 5.10 Å². The number of allylic oxidation sites excluding steroid dienone is 1. The van der Waals surface area contributed by atoms with Crippen molar-refractivity contribution in [2.45, 2.75) is 33.4 Å². The summed E-state index contributed by atoms with van der Waals surface area (Å²) in [5.74, 6) is -0.945. The molecule has 3 aromatic rings. The normalized spacial score (nSPS) is 16.3. The van der Waals surface area contributed by atoms with E-state index in [1.165, 1.54) is 28.0 Å². The van der Waals surface area contributed by atoms with Gasteiger partial charge in [-0.05, 0) is 44.5 Å². The van der Waals surface area contributed by atoms with Gasteiger partial charge >= 0.3 is 5.97 Å². The molecule has 0 saturated heterocycles. The van der Waals surface area contributed by atoms with Gasteiger partial charge in [-0.15, -0.1) is 0 Å². The van der Waals surface area contributed by atoms with Gasteiger partial charge in [0.2, 0.25) is 0 Å². The third kappa shape index (κ3) is 3.88. The lowest BCUT2D eigenvalue weighted by molar-refractivity contribution is -0.139. The number of aromatic nitrogens is 3. The van der Waals surface area contributed by atoms with Crippen molar-refractivity contribution in [1.29, 1.82) is 0 Å². The highest BCUT2D eigenvalue weighted by atomic mass is 32.1. The maximum atomic E-state index is 13.6. The van der Waals surface area contributed by atoms with Gasteiger partial charge < -0.3 is 4.74 Å². The number of carbonyl (C=O) groups is 1. The molecule has 160 valence electrons. The van der Waals surface area contributed by atoms with E-state index in [9.17, 15) is 14.0 Å². The Labute approximate surface area is 181 Å². The fraction of sp³-hybridized carbons (Fsp3) is 0.273. The number of carbonyl (C=O) groups excluding carboxylic acids is 1. The van der Waals surface area contributed by atoms with Gasteiger partial charge in [0.25, 0.3) is 5.56 Å². The summed E-state index contributed by atoms with van der Waals surface area (Å²) in [6, 6.07) is 5.00. The van der Waals surface area contributed by atoms with Crippen molar-refractivity contribution in [1.82, 2.24) is 14.3 Å². The molecule has 0 saturated carbocycles. The first-order chi connectivity index (χ1) is 14.9. The molecule has 1 aliphatic heterocycles. The highest BCUT2D eigenvalue weighted by Crippen LogP contribution is 2.30. The Morgan fingerprint density at radius 1 is 1.29 bits per heavy atom. The van der Waals surface area contributed by atoms with E-state index in [-0.39, 0.29) is 17.7 Å². The predicted molar refractivity (Wildman–Crippen MR) is 115 cm³/mol. The first-order valence-corrected chi connectivity index (χ1v) is 10.7. The van der Waals surface area contributed by atoms with Crippen LogP contribution in [0.1, 0.15) is 37.9 Å². The second-order valence-electron chi connectivity index (χ2n) is 6.98. The third-order valence-electron chi connectivity index (χ3n) is 4.98. The van der Waals surface area contributed by atoms with Crippen LogP contribution in [0.15, 0.2) is 57.7 Å². The summed E-state index contributed by atoms with van der Waals surface area (Å²) >= 11 is 1.24. The fourth-order valence-corrected chi connectivity index (χ4v) is 4.58. The molecule has 0 unspecified atom stereocenters. The lowest BCUT2D eigenvalue weighted by Gasteiger charge is -2.24. The number of esters is 1. The Morgan fingerprint density at radius 2 is 2.03 bits per heavy atom. The molecule has 0 N–H and O–H groups in total. The maximum absolute atomic E-state index is 13.6. The highest BCUT2D eigenvalue weighted by molar-refractivity contribution is 7.07. The molecular weight excluding hydrogens is 419 g/mol. The summed E-state index contributed by atoms with van der Waals surface area (Å²) < 4.78 is 22.5. The van der Waals surface area contributed by atoms with E-state index in [0.29, 0.717) is 20.6 Å².